The number of nitrogens with one attached hydrogen (secondary N) is 1. The molecular formula is C14H21NO3. The normalized spacial score (nSPS) is 22.2. The van der Waals surface area contributed by atoms with Gasteiger partial charge in [-0.15, -0.1) is 0 Å². The third-order valence-electron chi connectivity index (χ3n) is 3.22. The van der Waals surface area contributed by atoms with Gasteiger partial charge in [0.25, 0.3) is 0 Å². The van der Waals surface area contributed by atoms with Crippen LogP contribution in [0.25, 0.3) is 0 Å². The van der Waals surface area contributed by atoms with E-state index in [1.165, 1.54) is 0 Å². The highest BCUT2D eigenvalue weighted by Gasteiger charge is 2.30. The molecule has 1 aliphatic rings. The number of ether oxygens (including phenoxy) is 3. The predicted octanol–water partition coefficient (Wildman–Crippen LogP) is 2.22. The van der Waals surface area contributed by atoms with Crippen LogP contribution in [0.5, 0.6) is 17.2 Å². The highest BCUT2D eigenvalue weighted by atomic mass is 16.5. The fraction of sp³-hybridized carbons (Fsp3) is 0.571. The first-order valence-corrected chi connectivity index (χ1v) is 6.38. The van der Waals surface area contributed by atoms with Gasteiger partial charge in [0.2, 0.25) is 0 Å². The summed E-state index contributed by atoms with van der Waals surface area (Å²) in [4.78, 5) is 0. The summed E-state index contributed by atoms with van der Waals surface area (Å²) in [5, 5.41) is 3.41. The first kappa shape index (κ1) is 13.0. The maximum Gasteiger partial charge on any atom is 0.127 e. The summed E-state index contributed by atoms with van der Waals surface area (Å²) in [5.41, 5.74) is 0. The van der Waals surface area contributed by atoms with Gasteiger partial charge in [-0.1, -0.05) is 6.92 Å². The van der Waals surface area contributed by atoms with E-state index < -0.39 is 0 Å². The molecule has 0 radical (unpaired) electrons. The van der Waals surface area contributed by atoms with Gasteiger partial charge >= 0.3 is 0 Å². The molecule has 1 fully saturated rings. The molecule has 0 bridgehead atoms. The van der Waals surface area contributed by atoms with Crippen molar-refractivity contribution in [2.24, 2.45) is 0 Å². The standard InChI is InChI=1S/C14H21NO3/c1-4-15-10-5-13(6-10)18-14-8-11(16-2)7-12(9-14)17-3/h7-10,13,15H,4-6H2,1-3H3. The lowest BCUT2D eigenvalue weighted by Gasteiger charge is -2.35. The number of benzene rings is 1. The zero-order valence-corrected chi connectivity index (χ0v) is 11.2. The van der Waals surface area contributed by atoms with Gasteiger partial charge in [0.1, 0.15) is 23.4 Å². The number of hydrogen-bond donors (Lipinski definition) is 1. The van der Waals surface area contributed by atoms with E-state index in [1.807, 2.05) is 18.2 Å². The lowest BCUT2D eigenvalue weighted by molar-refractivity contribution is 0.0855. The average molecular weight is 251 g/mol. The Labute approximate surface area is 108 Å². The first-order valence-electron chi connectivity index (χ1n) is 6.38. The maximum absolute atomic E-state index is 5.91. The third kappa shape index (κ3) is 3.07. The van der Waals surface area contributed by atoms with Crippen LogP contribution in [0, 0.1) is 0 Å². The molecule has 0 heterocycles. The van der Waals surface area contributed by atoms with Crippen LogP contribution in [0.4, 0.5) is 0 Å². The molecule has 0 unspecified atom stereocenters. The van der Waals surface area contributed by atoms with E-state index in [-0.39, 0.29) is 0 Å². The van der Waals surface area contributed by atoms with E-state index in [0.717, 1.165) is 36.6 Å². The fourth-order valence-corrected chi connectivity index (χ4v) is 2.16. The monoisotopic (exact) mass is 251 g/mol. The maximum atomic E-state index is 5.91. The molecule has 1 aromatic rings. The van der Waals surface area contributed by atoms with Crippen LogP contribution in [0.15, 0.2) is 18.2 Å². The van der Waals surface area contributed by atoms with E-state index in [4.69, 9.17) is 14.2 Å². The SMILES string of the molecule is CCNC1CC(Oc2cc(OC)cc(OC)c2)C1. The molecule has 0 aliphatic heterocycles. The van der Waals surface area contributed by atoms with Crippen molar-refractivity contribution in [2.75, 3.05) is 20.8 Å². The lowest BCUT2D eigenvalue weighted by atomic mass is 9.89. The Balaban J connectivity index is 1.93. The summed E-state index contributed by atoms with van der Waals surface area (Å²) in [6.45, 7) is 3.14. The van der Waals surface area contributed by atoms with E-state index in [9.17, 15) is 0 Å². The Morgan fingerprint density at radius 3 is 2.11 bits per heavy atom. The summed E-state index contributed by atoms with van der Waals surface area (Å²) in [5.74, 6) is 2.32. The zero-order valence-electron chi connectivity index (χ0n) is 11.2. The Bertz CT molecular complexity index is 366. The van der Waals surface area contributed by atoms with Crippen LogP contribution >= 0.6 is 0 Å². The topological polar surface area (TPSA) is 39.7 Å². The molecule has 4 nitrogen and oxygen atoms in total. The molecule has 0 aromatic heterocycles. The van der Waals surface area contributed by atoms with Gasteiger partial charge in [0.15, 0.2) is 0 Å². The minimum absolute atomic E-state index is 0.297. The van der Waals surface area contributed by atoms with Crippen LogP contribution in [-0.2, 0) is 0 Å². The molecule has 0 spiro atoms. The van der Waals surface area contributed by atoms with Crippen molar-refractivity contribution in [1.29, 1.82) is 0 Å². The second-order valence-electron chi connectivity index (χ2n) is 4.51. The van der Waals surface area contributed by atoms with Crippen molar-refractivity contribution in [3.05, 3.63) is 18.2 Å². The smallest absolute Gasteiger partial charge is 0.127 e. The zero-order chi connectivity index (χ0) is 13.0. The number of hydrogen-bond acceptors (Lipinski definition) is 4. The number of methoxy groups -OCH3 is 2. The molecule has 0 saturated heterocycles. The summed E-state index contributed by atoms with van der Waals surface area (Å²) < 4.78 is 16.3. The van der Waals surface area contributed by atoms with Crippen molar-refractivity contribution >= 4 is 0 Å². The van der Waals surface area contributed by atoms with Gasteiger partial charge < -0.3 is 19.5 Å². The molecular weight excluding hydrogens is 230 g/mol. The molecule has 1 aromatic carbocycles. The minimum Gasteiger partial charge on any atom is -0.496 e. The molecule has 0 atom stereocenters. The van der Waals surface area contributed by atoms with Crippen molar-refractivity contribution in [3.63, 3.8) is 0 Å². The van der Waals surface area contributed by atoms with Gasteiger partial charge in [-0.3, -0.25) is 0 Å². The Kier molecular flexibility index (Phi) is 4.31. The van der Waals surface area contributed by atoms with Crippen LogP contribution < -0.4 is 19.5 Å². The van der Waals surface area contributed by atoms with Crippen molar-refractivity contribution < 1.29 is 14.2 Å². The van der Waals surface area contributed by atoms with E-state index in [1.54, 1.807) is 14.2 Å². The minimum atomic E-state index is 0.297. The quantitative estimate of drug-likeness (QED) is 0.841. The highest BCUT2D eigenvalue weighted by Crippen LogP contribution is 2.31. The first-order chi connectivity index (χ1) is 8.75. The van der Waals surface area contributed by atoms with E-state index in [2.05, 4.69) is 12.2 Å². The molecule has 1 N–H and O–H groups in total. The Morgan fingerprint density at radius 1 is 1.06 bits per heavy atom. The summed E-state index contributed by atoms with van der Waals surface area (Å²) in [6.07, 6.45) is 2.42. The Hall–Kier alpha value is -1.42. The Morgan fingerprint density at radius 2 is 1.61 bits per heavy atom. The fourth-order valence-electron chi connectivity index (χ4n) is 2.16. The lowest BCUT2D eigenvalue weighted by Crippen LogP contribution is -2.46. The molecule has 1 saturated carbocycles. The second kappa shape index (κ2) is 5.96. The van der Waals surface area contributed by atoms with E-state index in [0.29, 0.717) is 12.1 Å². The van der Waals surface area contributed by atoms with Crippen LogP contribution in [0.2, 0.25) is 0 Å². The predicted molar refractivity (Wildman–Crippen MR) is 70.7 cm³/mol. The molecule has 0 amide bonds. The second-order valence-corrected chi connectivity index (χ2v) is 4.51. The van der Waals surface area contributed by atoms with Crippen molar-refractivity contribution in [3.8, 4) is 17.2 Å². The van der Waals surface area contributed by atoms with E-state index >= 15 is 0 Å². The molecule has 100 valence electrons. The van der Waals surface area contributed by atoms with Gasteiger partial charge in [0, 0.05) is 24.2 Å². The van der Waals surface area contributed by atoms with Gasteiger partial charge in [-0.25, -0.2) is 0 Å². The molecule has 2 rings (SSSR count). The van der Waals surface area contributed by atoms with Crippen molar-refractivity contribution in [1.82, 2.24) is 5.32 Å². The van der Waals surface area contributed by atoms with Crippen LogP contribution in [0.1, 0.15) is 19.8 Å². The van der Waals surface area contributed by atoms with Gasteiger partial charge in [-0.05, 0) is 19.4 Å². The molecule has 18 heavy (non-hydrogen) atoms. The largest absolute Gasteiger partial charge is 0.496 e. The third-order valence-corrected chi connectivity index (χ3v) is 3.22. The van der Waals surface area contributed by atoms with Gasteiger partial charge in [0.05, 0.1) is 14.2 Å². The van der Waals surface area contributed by atoms with Crippen molar-refractivity contribution in [2.45, 2.75) is 31.9 Å². The van der Waals surface area contributed by atoms with Crippen LogP contribution in [-0.4, -0.2) is 32.9 Å². The molecule has 4 heteroatoms. The average Bonchev–Trinajstić information content (AvgIpc) is 2.35. The summed E-state index contributed by atoms with van der Waals surface area (Å²) in [6, 6.07) is 6.23. The molecule has 1 aliphatic carbocycles. The summed E-state index contributed by atoms with van der Waals surface area (Å²) in [7, 11) is 3.28. The summed E-state index contributed by atoms with van der Waals surface area (Å²) >= 11 is 0. The van der Waals surface area contributed by atoms with Crippen LogP contribution in [0.3, 0.4) is 0 Å². The van der Waals surface area contributed by atoms with Gasteiger partial charge in [-0.2, -0.15) is 0 Å². The number of rotatable bonds is 6. The highest BCUT2D eigenvalue weighted by molar-refractivity contribution is 5.42.